The molecule has 0 fully saturated rings. The maximum absolute atomic E-state index is 14.2. The highest BCUT2D eigenvalue weighted by atomic mass is 16.6. The minimum atomic E-state index is -0.822. The second-order valence-electron chi connectivity index (χ2n) is 12.1. The van der Waals surface area contributed by atoms with Gasteiger partial charge < -0.3 is 20.3 Å². The molecule has 0 aliphatic carbocycles. The predicted molar refractivity (Wildman–Crippen MR) is 160 cm³/mol. The molecule has 3 amide bonds. The molecule has 7 heteroatoms. The minimum Gasteiger partial charge on any atom is -0.444 e. The van der Waals surface area contributed by atoms with Crippen LogP contribution in [0, 0.1) is 19.8 Å². The summed E-state index contributed by atoms with van der Waals surface area (Å²) in [6.45, 7) is 18.4. The Hall–Kier alpha value is -2.57. The van der Waals surface area contributed by atoms with Crippen LogP contribution < -0.4 is 10.6 Å². The van der Waals surface area contributed by atoms with Crippen LogP contribution in [0.4, 0.5) is 4.79 Å². The zero-order valence-corrected chi connectivity index (χ0v) is 26.1. The Labute approximate surface area is 237 Å². The van der Waals surface area contributed by atoms with Gasteiger partial charge >= 0.3 is 6.09 Å². The lowest BCUT2D eigenvalue weighted by Crippen LogP contribution is -2.55. The van der Waals surface area contributed by atoms with Crippen molar-refractivity contribution in [2.75, 3.05) is 13.1 Å². The lowest BCUT2D eigenvalue weighted by atomic mass is 9.96. The first-order valence-corrected chi connectivity index (χ1v) is 15.0. The smallest absolute Gasteiger partial charge is 0.408 e. The van der Waals surface area contributed by atoms with Gasteiger partial charge in [0.1, 0.15) is 17.7 Å². The first-order chi connectivity index (χ1) is 18.3. The quantitative estimate of drug-likeness (QED) is 0.219. The van der Waals surface area contributed by atoms with Gasteiger partial charge in [-0.15, -0.1) is 0 Å². The number of benzene rings is 1. The molecule has 2 unspecified atom stereocenters. The highest BCUT2D eigenvalue weighted by Gasteiger charge is 2.37. The summed E-state index contributed by atoms with van der Waals surface area (Å²) in [6.07, 6.45) is 7.59. The van der Waals surface area contributed by atoms with Crippen LogP contribution in [-0.2, 0) is 14.3 Å². The molecular weight excluding hydrogens is 490 g/mol. The van der Waals surface area contributed by atoms with Gasteiger partial charge in [-0.1, -0.05) is 95.5 Å². The van der Waals surface area contributed by atoms with E-state index in [9.17, 15) is 14.4 Å². The van der Waals surface area contributed by atoms with E-state index in [0.29, 0.717) is 13.1 Å². The van der Waals surface area contributed by atoms with E-state index in [2.05, 4.69) is 30.5 Å². The highest BCUT2D eigenvalue weighted by Crippen LogP contribution is 2.27. The van der Waals surface area contributed by atoms with Gasteiger partial charge in [0.15, 0.2) is 0 Å². The summed E-state index contributed by atoms with van der Waals surface area (Å²) in [5.41, 5.74) is 2.18. The number of hydrogen-bond donors (Lipinski definition) is 2. The third-order valence-electron chi connectivity index (χ3n) is 6.59. The Morgan fingerprint density at radius 3 is 1.97 bits per heavy atom. The van der Waals surface area contributed by atoms with E-state index < -0.39 is 23.8 Å². The molecule has 222 valence electrons. The molecular formula is C32H55N3O4. The van der Waals surface area contributed by atoms with Crippen LogP contribution in [0.25, 0.3) is 0 Å². The maximum atomic E-state index is 14.2. The topological polar surface area (TPSA) is 87.7 Å². The summed E-state index contributed by atoms with van der Waals surface area (Å²) < 4.78 is 5.47. The number of aryl methyl sites for hydroxylation is 2. The van der Waals surface area contributed by atoms with Crippen LogP contribution >= 0.6 is 0 Å². The van der Waals surface area contributed by atoms with Gasteiger partial charge in [0.05, 0.1) is 0 Å². The second-order valence-corrected chi connectivity index (χ2v) is 12.1. The number of unbranched alkanes of at least 4 members (excludes halogenated alkanes) is 6. The van der Waals surface area contributed by atoms with Crippen molar-refractivity contribution in [3.63, 3.8) is 0 Å². The average molecular weight is 546 g/mol. The van der Waals surface area contributed by atoms with Gasteiger partial charge in [-0.3, -0.25) is 9.59 Å². The van der Waals surface area contributed by atoms with Crippen LogP contribution in [-0.4, -0.2) is 47.5 Å². The van der Waals surface area contributed by atoms with Crippen molar-refractivity contribution >= 4 is 17.9 Å². The van der Waals surface area contributed by atoms with Crippen LogP contribution in [0.3, 0.4) is 0 Å². The third kappa shape index (κ3) is 12.9. The van der Waals surface area contributed by atoms with Crippen molar-refractivity contribution in [3.8, 4) is 0 Å². The summed E-state index contributed by atoms with van der Waals surface area (Å²) in [6, 6.07) is 4.44. The van der Waals surface area contributed by atoms with Crippen LogP contribution in [0.15, 0.2) is 18.2 Å². The van der Waals surface area contributed by atoms with Crippen LogP contribution in [0.1, 0.15) is 123 Å². The van der Waals surface area contributed by atoms with Gasteiger partial charge in [0.25, 0.3) is 0 Å². The zero-order valence-electron chi connectivity index (χ0n) is 26.1. The molecule has 39 heavy (non-hydrogen) atoms. The van der Waals surface area contributed by atoms with Gasteiger partial charge in [-0.2, -0.15) is 0 Å². The SMILES string of the molecule is CCCCCCCCN(C(=O)C(NC(=O)OC(C)(C)C)C(C)C)C(C(=O)NCCCC)c1cc(C)cc(C)c1. The Morgan fingerprint density at radius 2 is 1.44 bits per heavy atom. The van der Waals surface area contributed by atoms with Crippen LogP contribution in [0.2, 0.25) is 0 Å². The van der Waals surface area contributed by atoms with Gasteiger partial charge in [-0.05, 0) is 58.9 Å². The van der Waals surface area contributed by atoms with Crippen molar-refractivity contribution in [1.82, 2.24) is 15.5 Å². The molecule has 0 saturated heterocycles. The van der Waals surface area contributed by atoms with Gasteiger partial charge in [-0.25, -0.2) is 4.79 Å². The molecule has 1 aromatic rings. The summed E-state index contributed by atoms with van der Waals surface area (Å²) in [5, 5.41) is 5.88. The molecule has 2 atom stereocenters. The molecule has 1 rings (SSSR count). The number of amides is 3. The molecule has 0 saturated carbocycles. The third-order valence-corrected chi connectivity index (χ3v) is 6.59. The molecule has 0 radical (unpaired) electrons. The largest absolute Gasteiger partial charge is 0.444 e. The molecule has 0 aliphatic rings. The molecule has 1 aromatic carbocycles. The van der Waals surface area contributed by atoms with E-state index in [-0.39, 0.29) is 17.7 Å². The first-order valence-electron chi connectivity index (χ1n) is 15.0. The molecule has 0 aromatic heterocycles. The number of alkyl carbamates (subject to hydrolysis) is 1. The maximum Gasteiger partial charge on any atom is 0.408 e. The van der Waals surface area contributed by atoms with Crippen molar-refractivity contribution in [2.45, 2.75) is 131 Å². The van der Waals surface area contributed by atoms with Crippen molar-refractivity contribution < 1.29 is 19.1 Å². The number of ether oxygens (including phenoxy) is 1. The normalized spacial score (nSPS) is 13.1. The lowest BCUT2D eigenvalue weighted by Gasteiger charge is -2.36. The van der Waals surface area contributed by atoms with Crippen molar-refractivity contribution in [2.24, 2.45) is 5.92 Å². The fraction of sp³-hybridized carbons (Fsp3) is 0.719. The summed E-state index contributed by atoms with van der Waals surface area (Å²) in [7, 11) is 0. The Balaban J connectivity index is 3.44. The molecule has 7 nitrogen and oxygen atoms in total. The summed E-state index contributed by atoms with van der Waals surface area (Å²) in [4.78, 5) is 42.4. The van der Waals surface area contributed by atoms with E-state index in [1.165, 1.54) is 12.8 Å². The van der Waals surface area contributed by atoms with Crippen molar-refractivity contribution in [1.29, 1.82) is 0 Å². The van der Waals surface area contributed by atoms with Gasteiger partial charge in [0.2, 0.25) is 11.8 Å². The summed E-state index contributed by atoms with van der Waals surface area (Å²) >= 11 is 0. The number of rotatable bonds is 16. The fourth-order valence-corrected chi connectivity index (χ4v) is 4.68. The van der Waals surface area contributed by atoms with Crippen LogP contribution in [0.5, 0.6) is 0 Å². The lowest BCUT2D eigenvalue weighted by molar-refractivity contribution is -0.143. The highest BCUT2D eigenvalue weighted by molar-refractivity contribution is 5.92. The van der Waals surface area contributed by atoms with E-state index in [1.54, 1.807) is 25.7 Å². The molecule has 0 aliphatic heterocycles. The molecule has 0 spiro atoms. The number of carbonyl (C=O) groups excluding carboxylic acids is 3. The number of nitrogens with one attached hydrogen (secondary N) is 2. The number of carbonyl (C=O) groups is 3. The van der Waals surface area contributed by atoms with E-state index in [0.717, 1.165) is 55.2 Å². The number of hydrogen-bond acceptors (Lipinski definition) is 4. The minimum absolute atomic E-state index is 0.187. The standard InChI is InChI=1S/C32H55N3O4/c1-10-12-14-15-16-17-19-35(30(37)27(23(3)4)34-31(38)39-32(7,8)9)28(29(36)33-18-13-11-2)26-21-24(5)20-25(6)22-26/h20-23,27-28H,10-19H2,1-9H3,(H,33,36)(H,34,38). The van der Waals surface area contributed by atoms with E-state index in [1.807, 2.05) is 39.8 Å². The van der Waals surface area contributed by atoms with E-state index >= 15 is 0 Å². The Kier molecular flexibility index (Phi) is 15.2. The summed E-state index contributed by atoms with van der Waals surface area (Å²) in [5.74, 6) is -0.646. The second kappa shape index (κ2) is 17.2. The zero-order chi connectivity index (χ0) is 29.6. The molecule has 0 bridgehead atoms. The first kappa shape index (κ1) is 34.5. The molecule has 0 heterocycles. The van der Waals surface area contributed by atoms with Crippen molar-refractivity contribution in [3.05, 3.63) is 34.9 Å². The van der Waals surface area contributed by atoms with Gasteiger partial charge in [0, 0.05) is 13.1 Å². The monoisotopic (exact) mass is 545 g/mol. The average Bonchev–Trinajstić information content (AvgIpc) is 2.81. The fourth-order valence-electron chi connectivity index (χ4n) is 4.68. The Bertz CT molecular complexity index is 887. The van der Waals surface area contributed by atoms with E-state index in [4.69, 9.17) is 4.74 Å². The molecule has 2 N–H and O–H groups in total. The Morgan fingerprint density at radius 1 is 0.872 bits per heavy atom. The predicted octanol–water partition coefficient (Wildman–Crippen LogP) is 7.00. The number of nitrogens with zero attached hydrogens (tertiary/aromatic N) is 1.